The summed E-state index contributed by atoms with van der Waals surface area (Å²) in [5.41, 5.74) is 5.43. The zero-order valence-corrected chi connectivity index (χ0v) is 10.7. The van der Waals surface area contributed by atoms with Crippen molar-refractivity contribution < 1.29 is 14.3 Å². The molecule has 19 heavy (non-hydrogen) atoms. The van der Waals surface area contributed by atoms with Gasteiger partial charge in [0.05, 0.1) is 5.56 Å². The van der Waals surface area contributed by atoms with Crippen molar-refractivity contribution in [2.45, 2.75) is 38.1 Å². The summed E-state index contributed by atoms with van der Waals surface area (Å²) in [5, 5.41) is 2.82. The minimum atomic E-state index is -0.610. The molecule has 3 N–H and O–H groups in total. The molecule has 5 nitrogen and oxygen atoms in total. The third-order valence-corrected chi connectivity index (χ3v) is 3.28. The van der Waals surface area contributed by atoms with Gasteiger partial charge in [-0.25, -0.2) is 4.79 Å². The first-order valence-electron chi connectivity index (χ1n) is 6.54. The number of amides is 2. The van der Waals surface area contributed by atoms with Crippen molar-refractivity contribution in [2.75, 3.05) is 0 Å². The van der Waals surface area contributed by atoms with Gasteiger partial charge in [0.25, 0.3) is 5.91 Å². The molecule has 1 aromatic carbocycles. The smallest absolute Gasteiger partial charge is 0.409 e. The maximum atomic E-state index is 11.8. The molecule has 5 heteroatoms. The largest absolute Gasteiger partial charge is 0.412 e. The summed E-state index contributed by atoms with van der Waals surface area (Å²) in [5.74, 6) is -0.413. The molecule has 1 fully saturated rings. The van der Waals surface area contributed by atoms with Crippen LogP contribution in [0.4, 0.5) is 4.79 Å². The van der Waals surface area contributed by atoms with Crippen LogP contribution in [-0.4, -0.2) is 18.0 Å². The lowest BCUT2D eigenvalue weighted by Gasteiger charge is -2.22. The zero-order chi connectivity index (χ0) is 13.7. The van der Waals surface area contributed by atoms with Gasteiger partial charge in [-0.1, -0.05) is 31.4 Å². The van der Waals surface area contributed by atoms with E-state index in [0.717, 1.165) is 25.7 Å². The molecular weight excluding hydrogens is 244 g/mol. The highest BCUT2D eigenvalue weighted by Crippen LogP contribution is 2.19. The highest BCUT2D eigenvalue weighted by atomic mass is 16.6. The van der Waals surface area contributed by atoms with Gasteiger partial charge < -0.3 is 15.8 Å². The van der Waals surface area contributed by atoms with E-state index in [-0.39, 0.29) is 17.4 Å². The second kappa shape index (κ2) is 6.22. The Balaban J connectivity index is 1.96. The third-order valence-electron chi connectivity index (χ3n) is 3.28. The fraction of sp³-hybridized carbons (Fsp3) is 0.429. The number of primary amides is 1. The van der Waals surface area contributed by atoms with Crippen molar-refractivity contribution in [3.8, 4) is 5.75 Å². The minimum Gasteiger partial charge on any atom is -0.409 e. The molecule has 102 valence electrons. The van der Waals surface area contributed by atoms with E-state index in [1.54, 1.807) is 18.2 Å². The topological polar surface area (TPSA) is 81.4 Å². The fourth-order valence-corrected chi connectivity index (χ4v) is 2.30. The van der Waals surface area contributed by atoms with Crippen molar-refractivity contribution >= 4 is 12.0 Å². The van der Waals surface area contributed by atoms with Crippen LogP contribution >= 0.6 is 0 Å². The highest BCUT2D eigenvalue weighted by Gasteiger charge is 2.18. The van der Waals surface area contributed by atoms with E-state index in [1.165, 1.54) is 12.5 Å². The minimum absolute atomic E-state index is 0.169. The SMILES string of the molecule is NC(=O)c1ccccc1OC(=O)NC1CCCCC1. The molecule has 2 rings (SSSR count). The number of rotatable bonds is 3. The number of ether oxygens (including phenoxy) is 1. The van der Waals surface area contributed by atoms with Gasteiger partial charge in [0, 0.05) is 6.04 Å². The molecule has 0 atom stereocenters. The predicted molar refractivity (Wildman–Crippen MR) is 71.0 cm³/mol. The average Bonchev–Trinajstić information content (AvgIpc) is 2.40. The van der Waals surface area contributed by atoms with E-state index < -0.39 is 12.0 Å². The summed E-state index contributed by atoms with van der Waals surface area (Å²) >= 11 is 0. The highest BCUT2D eigenvalue weighted by molar-refractivity contribution is 5.96. The molecule has 0 heterocycles. The first-order valence-corrected chi connectivity index (χ1v) is 6.54. The maximum Gasteiger partial charge on any atom is 0.412 e. The summed E-state index contributed by atoms with van der Waals surface area (Å²) in [6.45, 7) is 0. The van der Waals surface area contributed by atoms with Gasteiger partial charge in [-0.2, -0.15) is 0 Å². The van der Waals surface area contributed by atoms with Gasteiger partial charge in [-0.05, 0) is 25.0 Å². The number of benzene rings is 1. The summed E-state index contributed by atoms with van der Waals surface area (Å²) in [4.78, 5) is 23.0. The molecule has 0 aromatic heterocycles. The molecule has 2 amide bonds. The lowest BCUT2D eigenvalue weighted by Crippen LogP contribution is -2.38. The normalized spacial score (nSPS) is 15.8. The quantitative estimate of drug-likeness (QED) is 0.876. The predicted octanol–water partition coefficient (Wildman–Crippen LogP) is 2.21. The van der Waals surface area contributed by atoms with Gasteiger partial charge in [0.2, 0.25) is 0 Å². The summed E-state index contributed by atoms with van der Waals surface area (Å²) in [6, 6.07) is 6.62. The summed E-state index contributed by atoms with van der Waals surface area (Å²) in [6.07, 6.45) is 4.91. The molecule has 0 saturated heterocycles. The lowest BCUT2D eigenvalue weighted by molar-refractivity contribution is 0.0998. The van der Waals surface area contributed by atoms with Crippen molar-refractivity contribution in [1.29, 1.82) is 0 Å². The van der Waals surface area contributed by atoms with Crippen molar-refractivity contribution in [2.24, 2.45) is 5.73 Å². The third kappa shape index (κ3) is 3.71. The first-order chi connectivity index (χ1) is 9.16. The van der Waals surface area contributed by atoms with Crippen LogP contribution < -0.4 is 15.8 Å². The molecule has 0 radical (unpaired) electrons. The monoisotopic (exact) mass is 262 g/mol. The van der Waals surface area contributed by atoms with E-state index >= 15 is 0 Å². The maximum absolute atomic E-state index is 11.8. The van der Waals surface area contributed by atoms with Crippen LogP contribution in [0.2, 0.25) is 0 Å². The van der Waals surface area contributed by atoms with Crippen molar-refractivity contribution in [3.63, 3.8) is 0 Å². The number of hydrogen-bond donors (Lipinski definition) is 2. The van der Waals surface area contributed by atoms with Crippen LogP contribution in [0.5, 0.6) is 5.75 Å². The van der Waals surface area contributed by atoms with Gasteiger partial charge in [0.15, 0.2) is 0 Å². The first kappa shape index (κ1) is 13.4. The molecule has 0 spiro atoms. The van der Waals surface area contributed by atoms with Gasteiger partial charge >= 0.3 is 6.09 Å². The Kier molecular flexibility index (Phi) is 4.39. The molecular formula is C14H18N2O3. The number of para-hydroxylation sites is 1. The lowest BCUT2D eigenvalue weighted by atomic mass is 9.96. The van der Waals surface area contributed by atoms with Crippen LogP contribution in [0.15, 0.2) is 24.3 Å². The van der Waals surface area contributed by atoms with Crippen LogP contribution in [0.25, 0.3) is 0 Å². The van der Waals surface area contributed by atoms with Gasteiger partial charge in [-0.3, -0.25) is 4.79 Å². The number of carbonyl (C=O) groups excluding carboxylic acids is 2. The molecule has 1 aromatic rings. The van der Waals surface area contributed by atoms with Gasteiger partial charge in [0.1, 0.15) is 5.75 Å². The molecule has 0 bridgehead atoms. The molecule has 1 saturated carbocycles. The standard InChI is InChI=1S/C14H18N2O3/c15-13(17)11-8-4-5-9-12(11)19-14(18)16-10-6-2-1-3-7-10/h4-5,8-10H,1-3,6-7H2,(H2,15,17)(H,16,18). The van der Waals surface area contributed by atoms with Crippen molar-refractivity contribution in [3.05, 3.63) is 29.8 Å². The molecule has 0 unspecified atom stereocenters. The van der Waals surface area contributed by atoms with E-state index in [4.69, 9.17) is 10.5 Å². The number of carbonyl (C=O) groups is 2. The molecule has 1 aliphatic rings. The second-order valence-corrected chi connectivity index (χ2v) is 4.73. The van der Waals surface area contributed by atoms with Crippen LogP contribution in [0.1, 0.15) is 42.5 Å². The Morgan fingerprint density at radius 1 is 1.16 bits per heavy atom. The molecule has 1 aliphatic carbocycles. The van der Waals surface area contributed by atoms with Crippen LogP contribution in [0, 0.1) is 0 Å². The number of nitrogens with two attached hydrogens (primary N) is 1. The van der Waals surface area contributed by atoms with E-state index in [9.17, 15) is 9.59 Å². The Hall–Kier alpha value is -2.04. The van der Waals surface area contributed by atoms with E-state index in [1.807, 2.05) is 0 Å². The molecule has 0 aliphatic heterocycles. The number of nitrogens with one attached hydrogen (secondary N) is 1. The van der Waals surface area contributed by atoms with Gasteiger partial charge in [-0.15, -0.1) is 0 Å². The Labute approximate surface area is 112 Å². The van der Waals surface area contributed by atoms with E-state index in [0.29, 0.717) is 0 Å². The van der Waals surface area contributed by atoms with Crippen molar-refractivity contribution in [1.82, 2.24) is 5.32 Å². The Morgan fingerprint density at radius 3 is 2.53 bits per heavy atom. The average molecular weight is 262 g/mol. The van der Waals surface area contributed by atoms with Crippen LogP contribution in [0.3, 0.4) is 0 Å². The Morgan fingerprint density at radius 2 is 1.84 bits per heavy atom. The number of hydrogen-bond acceptors (Lipinski definition) is 3. The summed E-state index contributed by atoms with van der Waals surface area (Å²) in [7, 11) is 0. The Bertz CT molecular complexity index is 468. The zero-order valence-electron chi connectivity index (χ0n) is 10.7. The van der Waals surface area contributed by atoms with E-state index in [2.05, 4.69) is 5.32 Å². The van der Waals surface area contributed by atoms with Crippen LogP contribution in [-0.2, 0) is 0 Å². The second-order valence-electron chi connectivity index (χ2n) is 4.73. The fourth-order valence-electron chi connectivity index (χ4n) is 2.30. The summed E-state index contributed by atoms with van der Waals surface area (Å²) < 4.78 is 5.16.